The van der Waals surface area contributed by atoms with Crippen molar-refractivity contribution in [3.63, 3.8) is 0 Å². The number of nitrogens with two attached hydrogens (primary N) is 1. The molecular formula is C17H24N4O2. The number of likely N-dealkylation sites (tertiary alicyclic amines) is 1. The molecule has 2 aromatic rings. The predicted octanol–water partition coefficient (Wildman–Crippen LogP) is 0.941. The third kappa shape index (κ3) is 3.44. The van der Waals surface area contributed by atoms with Crippen LogP contribution in [0.3, 0.4) is 0 Å². The summed E-state index contributed by atoms with van der Waals surface area (Å²) in [6, 6.07) is 5.76. The molecule has 1 aliphatic heterocycles. The van der Waals surface area contributed by atoms with E-state index in [-0.39, 0.29) is 17.7 Å². The van der Waals surface area contributed by atoms with Crippen molar-refractivity contribution in [1.82, 2.24) is 14.3 Å². The number of nitrogens with zero attached hydrogens (tertiary/aromatic N) is 3. The molecule has 1 saturated heterocycles. The average molecular weight is 316 g/mol. The van der Waals surface area contributed by atoms with Gasteiger partial charge in [-0.3, -0.25) is 14.1 Å². The first-order valence-electron chi connectivity index (χ1n) is 8.06. The minimum atomic E-state index is -0.0372. The molecule has 1 aliphatic rings. The van der Waals surface area contributed by atoms with E-state index >= 15 is 0 Å². The van der Waals surface area contributed by atoms with E-state index < -0.39 is 0 Å². The maximum atomic E-state index is 12.3. The van der Waals surface area contributed by atoms with Gasteiger partial charge in [0.15, 0.2) is 0 Å². The zero-order chi connectivity index (χ0) is 16.4. The van der Waals surface area contributed by atoms with Crippen molar-refractivity contribution in [3.05, 3.63) is 46.0 Å². The third-order valence-electron chi connectivity index (χ3n) is 4.62. The number of ether oxygens (including phenoxy) is 1. The summed E-state index contributed by atoms with van der Waals surface area (Å²) in [4.78, 5) is 19.2. The molecule has 2 atom stereocenters. The summed E-state index contributed by atoms with van der Waals surface area (Å²) in [6.45, 7) is 4.12. The summed E-state index contributed by atoms with van der Waals surface area (Å²) >= 11 is 0. The van der Waals surface area contributed by atoms with Crippen molar-refractivity contribution < 1.29 is 4.74 Å². The molecule has 0 bridgehead atoms. The van der Waals surface area contributed by atoms with E-state index in [0.717, 1.165) is 30.6 Å². The fraction of sp³-hybridized carbons (Fsp3) is 0.529. The minimum Gasteiger partial charge on any atom is -0.381 e. The van der Waals surface area contributed by atoms with Crippen LogP contribution >= 0.6 is 0 Å². The summed E-state index contributed by atoms with van der Waals surface area (Å²) < 4.78 is 7.05. The maximum absolute atomic E-state index is 12.3. The van der Waals surface area contributed by atoms with Gasteiger partial charge in [0.1, 0.15) is 5.65 Å². The Hall–Kier alpha value is -1.76. The first-order valence-corrected chi connectivity index (χ1v) is 8.06. The van der Waals surface area contributed by atoms with Crippen molar-refractivity contribution in [3.8, 4) is 0 Å². The fourth-order valence-electron chi connectivity index (χ4n) is 3.28. The number of fused-ring (bicyclic) bond motifs is 1. The Labute approximate surface area is 135 Å². The van der Waals surface area contributed by atoms with Crippen molar-refractivity contribution in [1.29, 1.82) is 0 Å². The van der Waals surface area contributed by atoms with Gasteiger partial charge in [-0.05, 0) is 31.4 Å². The van der Waals surface area contributed by atoms with Gasteiger partial charge in [-0.15, -0.1) is 0 Å². The van der Waals surface area contributed by atoms with Crippen LogP contribution in [0.4, 0.5) is 0 Å². The van der Waals surface area contributed by atoms with E-state index in [9.17, 15) is 4.79 Å². The minimum absolute atomic E-state index is 0.0372. The highest BCUT2D eigenvalue weighted by molar-refractivity contribution is 5.39. The van der Waals surface area contributed by atoms with E-state index in [1.165, 1.54) is 0 Å². The number of pyridine rings is 1. The first kappa shape index (κ1) is 16.1. The number of aryl methyl sites for hydroxylation is 1. The molecule has 2 N–H and O–H groups in total. The lowest BCUT2D eigenvalue weighted by atomic mass is 9.99. The number of rotatable bonds is 4. The zero-order valence-electron chi connectivity index (χ0n) is 13.7. The van der Waals surface area contributed by atoms with Crippen LogP contribution in [0.25, 0.3) is 5.65 Å². The van der Waals surface area contributed by atoms with Gasteiger partial charge in [0.25, 0.3) is 5.56 Å². The van der Waals surface area contributed by atoms with Crippen LogP contribution in [-0.4, -0.2) is 46.6 Å². The van der Waals surface area contributed by atoms with E-state index in [1.807, 2.05) is 25.3 Å². The molecule has 124 valence electrons. The lowest BCUT2D eigenvalue weighted by Crippen LogP contribution is -2.48. The Bertz CT molecular complexity index is 743. The second-order valence-corrected chi connectivity index (χ2v) is 6.26. The molecule has 2 unspecified atom stereocenters. The van der Waals surface area contributed by atoms with Crippen LogP contribution in [0.15, 0.2) is 29.2 Å². The Balaban J connectivity index is 1.84. The van der Waals surface area contributed by atoms with Gasteiger partial charge in [0.2, 0.25) is 0 Å². The van der Waals surface area contributed by atoms with Crippen molar-refractivity contribution in [2.75, 3.05) is 20.2 Å². The van der Waals surface area contributed by atoms with Gasteiger partial charge >= 0.3 is 0 Å². The molecule has 0 aromatic carbocycles. The Kier molecular flexibility index (Phi) is 4.75. The lowest BCUT2D eigenvalue weighted by Gasteiger charge is -2.38. The summed E-state index contributed by atoms with van der Waals surface area (Å²) in [6.07, 6.45) is 4.01. The van der Waals surface area contributed by atoms with Crippen molar-refractivity contribution >= 4 is 5.65 Å². The van der Waals surface area contributed by atoms with Gasteiger partial charge in [-0.1, -0.05) is 6.07 Å². The molecule has 0 amide bonds. The quantitative estimate of drug-likeness (QED) is 0.909. The number of hydrogen-bond acceptors (Lipinski definition) is 5. The second kappa shape index (κ2) is 6.78. The summed E-state index contributed by atoms with van der Waals surface area (Å²) in [7, 11) is 1.75. The highest BCUT2D eigenvalue weighted by Crippen LogP contribution is 2.20. The molecule has 0 aliphatic carbocycles. The summed E-state index contributed by atoms with van der Waals surface area (Å²) in [5.74, 6) is 0. The number of methoxy groups -OCH3 is 1. The van der Waals surface area contributed by atoms with Crippen LogP contribution in [-0.2, 0) is 11.3 Å². The Morgan fingerprint density at radius 3 is 3.00 bits per heavy atom. The molecule has 1 fully saturated rings. The van der Waals surface area contributed by atoms with Crippen LogP contribution in [0, 0.1) is 6.92 Å². The largest absolute Gasteiger partial charge is 0.381 e. The summed E-state index contributed by atoms with van der Waals surface area (Å²) in [5.41, 5.74) is 8.41. The molecular weight excluding hydrogens is 292 g/mol. The number of aromatic nitrogens is 2. The molecule has 0 spiro atoms. The molecule has 0 saturated carbocycles. The predicted molar refractivity (Wildman–Crippen MR) is 89.5 cm³/mol. The maximum Gasteiger partial charge on any atom is 0.258 e. The molecule has 23 heavy (non-hydrogen) atoms. The molecule has 6 heteroatoms. The highest BCUT2D eigenvalue weighted by Gasteiger charge is 2.27. The van der Waals surface area contributed by atoms with Gasteiger partial charge in [-0.2, -0.15) is 0 Å². The van der Waals surface area contributed by atoms with Crippen molar-refractivity contribution in [2.24, 2.45) is 5.73 Å². The van der Waals surface area contributed by atoms with Crippen LogP contribution in [0.5, 0.6) is 0 Å². The first-order chi connectivity index (χ1) is 11.1. The Morgan fingerprint density at radius 2 is 2.26 bits per heavy atom. The number of hydrogen-bond donors (Lipinski definition) is 1. The second-order valence-electron chi connectivity index (χ2n) is 6.26. The molecule has 3 heterocycles. The van der Waals surface area contributed by atoms with Crippen LogP contribution < -0.4 is 11.3 Å². The third-order valence-corrected chi connectivity index (χ3v) is 4.62. The monoisotopic (exact) mass is 316 g/mol. The van der Waals surface area contributed by atoms with E-state index in [4.69, 9.17) is 10.5 Å². The SMILES string of the molecule is COC1CCN(Cc2cc(=O)n3cc(C)ccc3n2)C(CN)C1. The molecule has 3 rings (SSSR count). The van der Waals surface area contributed by atoms with Crippen molar-refractivity contribution in [2.45, 2.75) is 38.5 Å². The van der Waals surface area contributed by atoms with E-state index in [0.29, 0.717) is 18.7 Å². The van der Waals surface area contributed by atoms with Gasteiger partial charge in [0, 0.05) is 45.0 Å². The molecule has 6 nitrogen and oxygen atoms in total. The number of piperidine rings is 1. The normalized spacial score (nSPS) is 22.6. The van der Waals surface area contributed by atoms with Gasteiger partial charge < -0.3 is 10.5 Å². The zero-order valence-corrected chi connectivity index (χ0v) is 13.7. The van der Waals surface area contributed by atoms with Gasteiger partial charge in [0.05, 0.1) is 11.8 Å². The Morgan fingerprint density at radius 1 is 1.43 bits per heavy atom. The van der Waals surface area contributed by atoms with E-state index in [1.54, 1.807) is 17.6 Å². The molecule has 0 radical (unpaired) electrons. The summed E-state index contributed by atoms with van der Waals surface area (Å²) in [5, 5.41) is 0. The van der Waals surface area contributed by atoms with Crippen LogP contribution in [0.1, 0.15) is 24.1 Å². The smallest absolute Gasteiger partial charge is 0.258 e. The molecule has 2 aromatic heterocycles. The van der Waals surface area contributed by atoms with Crippen LogP contribution in [0.2, 0.25) is 0 Å². The van der Waals surface area contributed by atoms with E-state index in [2.05, 4.69) is 9.88 Å². The standard InChI is InChI=1S/C17H24N4O2/c1-12-3-4-16-19-13(7-17(22)21(16)10-12)11-20-6-5-15(23-2)8-14(20)9-18/h3-4,7,10,14-15H,5-6,8-9,11,18H2,1-2H3. The van der Waals surface area contributed by atoms with Gasteiger partial charge in [-0.25, -0.2) is 4.98 Å². The topological polar surface area (TPSA) is 72.9 Å². The fourth-order valence-corrected chi connectivity index (χ4v) is 3.28. The highest BCUT2D eigenvalue weighted by atomic mass is 16.5. The average Bonchev–Trinajstić information content (AvgIpc) is 2.56. The lowest BCUT2D eigenvalue weighted by molar-refractivity contribution is 0.00978.